The molecule has 0 saturated heterocycles. The van der Waals surface area contributed by atoms with Crippen molar-refractivity contribution in [2.45, 2.75) is 20.8 Å². The molecule has 1 aromatic carbocycles. The minimum absolute atomic E-state index is 0.699. The normalized spacial score (nSPS) is 13.4. The molecule has 4 heterocycles. The smallest absolute Gasteiger partial charge is 0.140 e. The van der Waals surface area contributed by atoms with Gasteiger partial charge in [-0.25, -0.2) is 19.9 Å². The van der Waals surface area contributed by atoms with Crippen LogP contribution in [-0.2, 0) is 0 Å². The van der Waals surface area contributed by atoms with Crippen LogP contribution in [0.2, 0.25) is 0 Å². The zero-order chi connectivity index (χ0) is 29.8. The molecule has 0 spiro atoms. The third-order valence-electron chi connectivity index (χ3n) is 8.09. The van der Waals surface area contributed by atoms with E-state index >= 15 is 0 Å². The molecule has 0 saturated carbocycles. The second kappa shape index (κ2) is 10.0. The number of benzene rings is 1. The number of aromatic nitrogens is 6. The minimum atomic E-state index is 0.699. The molecule has 5 aromatic rings. The summed E-state index contributed by atoms with van der Waals surface area (Å²) in [5.74, 6) is 0. The SMILES string of the molecule is C=C/C=C\c1c(C)c2nc3c4c(nc5[nH]c(nc6c4c(nc1[nH]2)-c1ccccc1-6)c(C=C)c5/C=C\C)C(C=C)=C3/C=C\C. The summed E-state index contributed by atoms with van der Waals surface area (Å²) in [6.45, 7) is 18.3. The number of allylic oxidation sites excluding steroid dienone is 8. The van der Waals surface area contributed by atoms with Crippen LogP contribution in [-0.4, -0.2) is 29.9 Å². The van der Waals surface area contributed by atoms with E-state index in [0.29, 0.717) is 11.3 Å². The van der Waals surface area contributed by atoms with Crippen molar-refractivity contribution in [3.8, 4) is 22.5 Å². The Balaban J connectivity index is 1.86. The molecule has 2 aliphatic carbocycles. The number of aromatic amines is 2. The van der Waals surface area contributed by atoms with Crippen LogP contribution in [0.25, 0.3) is 85.3 Å². The van der Waals surface area contributed by atoms with Crippen LogP contribution in [0.5, 0.6) is 0 Å². The van der Waals surface area contributed by atoms with E-state index in [-0.39, 0.29) is 0 Å². The molecule has 2 aliphatic rings. The van der Waals surface area contributed by atoms with E-state index in [9.17, 15) is 0 Å². The number of nitrogens with zero attached hydrogens (tertiary/aromatic N) is 4. The lowest BCUT2D eigenvalue weighted by Gasteiger charge is -2.01. The molecule has 4 bridgehead atoms. The van der Waals surface area contributed by atoms with Gasteiger partial charge in [0.1, 0.15) is 22.6 Å². The number of aryl methyl sites for hydroxylation is 1. The van der Waals surface area contributed by atoms with E-state index < -0.39 is 0 Å². The molecule has 2 N–H and O–H groups in total. The van der Waals surface area contributed by atoms with Crippen molar-refractivity contribution in [1.82, 2.24) is 29.9 Å². The number of fused-ring (bicyclic) bond motifs is 7. The van der Waals surface area contributed by atoms with Gasteiger partial charge in [-0.05, 0) is 20.8 Å². The Morgan fingerprint density at radius 2 is 1.16 bits per heavy atom. The molecule has 0 atom stereocenters. The van der Waals surface area contributed by atoms with Gasteiger partial charge in [-0.2, -0.15) is 0 Å². The summed E-state index contributed by atoms with van der Waals surface area (Å²) in [6.07, 6.45) is 17.6. The Bertz CT molecular complexity index is 2260. The van der Waals surface area contributed by atoms with Crippen molar-refractivity contribution in [3.63, 3.8) is 0 Å². The van der Waals surface area contributed by atoms with Crippen LogP contribution in [0, 0.1) is 6.92 Å². The number of rotatable bonds is 6. The van der Waals surface area contributed by atoms with E-state index in [1.165, 1.54) is 0 Å². The van der Waals surface area contributed by atoms with Gasteiger partial charge in [0.05, 0.1) is 22.8 Å². The predicted molar refractivity (Wildman–Crippen MR) is 181 cm³/mol. The maximum atomic E-state index is 5.34. The fraction of sp³-hybridized carbons (Fsp3) is 0.0811. The van der Waals surface area contributed by atoms with Gasteiger partial charge < -0.3 is 9.97 Å². The highest BCUT2D eigenvalue weighted by Crippen LogP contribution is 2.49. The van der Waals surface area contributed by atoms with Crippen molar-refractivity contribution in [2.75, 3.05) is 0 Å². The summed E-state index contributed by atoms with van der Waals surface area (Å²) in [4.78, 5) is 28.4. The monoisotopic (exact) mass is 558 g/mol. The zero-order valence-electron chi connectivity index (χ0n) is 24.4. The number of hydrogen-bond acceptors (Lipinski definition) is 4. The molecule has 0 amide bonds. The highest BCUT2D eigenvalue weighted by molar-refractivity contribution is 6.23. The Hall–Kier alpha value is -5.62. The summed E-state index contributed by atoms with van der Waals surface area (Å²) in [6, 6.07) is 8.29. The standard InChI is InChI=1S/C37H30N6/c1-7-12-17-23-20(6)34-38-31-24(15-8-2)21(10-4)30-28(31)29-32(25-18-13-14-19-26(25)33(29)41-36(23)42-34)40-35-22(11-5)27(16-9-3)37(39-30)43-35/h7-19H,1,4-5H2,2-3,6H3,(H,38,41,42)(H,39,40,43)/b15-8-,16-9-,17-12-. The topological polar surface area (TPSA) is 83.1 Å². The lowest BCUT2D eigenvalue weighted by molar-refractivity contribution is 1.29. The van der Waals surface area contributed by atoms with E-state index in [0.717, 1.165) is 89.4 Å². The molecule has 0 radical (unpaired) electrons. The van der Waals surface area contributed by atoms with Crippen molar-refractivity contribution < 1.29 is 0 Å². The second-order valence-corrected chi connectivity index (χ2v) is 10.5. The van der Waals surface area contributed by atoms with Crippen molar-refractivity contribution in [3.05, 3.63) is 114 Å². The molecule has 0 aliphatic heterocycles. The van der Waals surface area contributed by atoms with Gasteiger partial charge in [0, 0.05) is 55.3 Å². The van der Waals surface area contributed by atoms with Crippen LogP contribution in [0.4, 0.5) is 0 Å². The van der Waals surface area contributed by atoms with E-state index in [4.69, 9.17) is 19.9 Å². The maximum absolute atomic E-state index is 5.34. The third-order valence-corrected chi connectivity index (χ3v) is 8.09. The van der Waals surface area contributed by atoms with E-state index in [2.05, 4.69) is 54.8 Å². The predicted octanol–water partition coefficient (Wildman–Crippen LogP) is 9.32. The Morgan fingerprint density at radius 1 is 0.605 bits per heavy atom. The van der Waals surface area contributed by atoms with Crippen LogP contribution in [0.15, 0.2) is 80.5 Å². The summed E-state index contributed by atoms with van der Waals surface area (Å²) in [5, 5.41) is 1.78. The average molecular weight is 559 g/mol. The molecular formula is C37H30N6. The lowest BCUT2D eigenvalue weighted by atomic mass is 10.1. The highest BCUT2D eigenvalue weighted by atomic mass is 15.0. The first-order valence-corrected chi connectivity index (χ1v) is 14.3. The fourth-order valence-corrected chi connectivity index (χ4v) is 6.21. The Kier molecular flexibility index (Phi) is 6.13. The minimum Gasteiger partial charge on any atom is -0.324 e. The molecule has 43 heavy (non-hydrogen) atoms. The van der Waals surface area contributed by atoms with Gasteiger partial charge in [0.25, 0.3) is 0 Å². The van der Waals surface area contributed by atoms with Crippen LogP contribution < -0.4 is 0 Å². The molecule has 4 aromatic heterocycles. The first kappa shape index (κ1) is 26.3. The quantitative estimate of drug-likeness (QED) is 0.200. The first-order valence-electron chi connectivity index (χ1n) is 14.3. The largest absolute Gasteiger partial charge is 0.324 e. The van der Waals surface area contributed by atoms with Crippen molar-refractivity contribution >= 4 is 62.7 Å². The molecule has 7 rings (SSSR count). The average Bonchev–Trinajstić information content (AvgIpc) is 3.70. The van der Waals surface area contributed by atoms with Crippen molar-refractivity contribution in [2.24, 2.45) is 0 Å². The first-order chi connectivity index (χ1) is 21.0. The Labute approximate surface area is 249 Å². The summed E-state index contributed by atoms with van der Waals surface area (Å²) in [5.41, 5.74) is 13.7. The number of H-pyrrole nitrogens is 2. The van der Waals surface area contributed by atoms with E-state index in [1.807, 2.05) is 68.5 Å². The molecule has 6 heteroatoms. The second-order valence-electron chi connectivity index (χ2n) is 10.5. The molecule has 0 unspecified atom stereocenters. The molecule has 208 valence electrons. The van der Waals surface area contributed by atoms with Gasteiger partial charge in [0.15, 0.2) is 0 Å². The molecular weight excluding hydrogens is 528 g/mol. The Morgan fingerprint density at radius 3 is 1.79 bits per heavy atom. The van der Waals surface area contributed by atoms with Gasteiger partial charge in [0.2, 0.25) is 0 Å². The maximum Gasteiger partial charge on any atom is 0.140 e. The zero-order valence-corrected chi connectivity index (χ0v) is 24.4. The van der Waals surface area contributed by atoms with Gasteiger partial charge in [-0.3, -0.25) is 0 Å². The summed E-state index contributed by atoms with van der Waals surface area (Å²) < 4.78 is 0. The molecule has 0 fully saturated rings. The van der Waals surface area contributed by atoms with Gasteiger partial charge >= 0.3 is 0 Å². The van der Waals surface area contributed by atoms with E-state index in [1.54, 1.807) is 6.08 Å². The highest BCUT2D eigenvalue weighted by Gasteiger charge is 2.31. The van der Waals surface area contributed by atoms with Crippen LogP contribution in [0.1, 0.15) is 47.5 Å². The summed E-state index contributed by atoms with van der Waals surface area (Å²) >= 11 is 0. The summed E-state index contributed by atoms with van der Waals surface area (Å²) in [7, 11) is 0. The van der Waals surface area contributed by atoms with Crippen LogP contribution >= 0.6 is 0 Å². The van der Waals surface area contributed by atoms with Crippen molar-refractivity contribution in [1.29, 1.82) is 0 Å². The van der Waals surface area contributed by atoms with Gasteiger partial charge in [-0.1, -0.05) is 98.7 Å². The fourth-order valence-electron chi connectivity index (χ4n) is 6.21. The number of nitrogens with one attached hydrogen (secondary N) is 2. The lowest BCUT2D eigenvalue weighted by Crippen LogP contribution is -1.88. The molecule has 6 nitrogen and oxygen atoms in total. The van der Waals surface area contributed by atoms with Gasteiger partial charge in [-0.15, -0.1) is 0 Å². The number of hydrogen-bond donors (Lipinski definition) is 2. The third kappa shape index (κ3) is 3.73. The van der Waals surface area contributed by atoms with Crippen LogP contribution in [0.3, 0.4) is 0 Å².